The first-order valence-corrected chi connectivity index (χ1v) is 7.57. The maximum atomic E-state index is 12.0. The van der Waals surface area contributed by atoms with Gasteiger partial charge in [0.25, 0.3) is 0 Å². The summed E-state index contributed by atoms with van der Waals surface area (Å²) in [6.45, 7) is 11.6. The van der Waals surface area contributed by atoms with Crippen molar-refractivity contribution in [2.75, 3.05) is 23.4 Å². The fraction of sp³-hybridized carbons (Fsp3) is 0.588. The molecule has 2 atom stereocenters. The van der Waals surface area contributed by atoms with Gasteiger partial charge in [-0.05, 0) is 38.1 Å². The number of nitrogens with zero attached hydrogens (tertiary/aromatic N) is 1. The maximum absolute atomic E-state index is 12.0. The van der Waals surface area contributed by atoms with E-state index in [-0.39, 0.29) is 17.4 Å². The average Bonchev–Trinajstić information content (AvgIpc) is 2.41. The third kappa shape index (κ3) is 3.97. The van der Waals surface area contributed by atoms with Crippen molar-refractivity contribution < 1.29 is 9.53 Å². The van der Waals surface area contributed by atoms with Crippen LogP contribution in [0.4, 0.5) is 11.4 Å². The van der Waals surface area contributed by atoms with Gasteiger partial charge in [0, 0.05) is 29.4 Å². The summed E-state index contributed by atoms with van der Waals surface area (Å²) in [6.07, 6.45) is 0.251. The van der Waals surface area contributed by atoms with Crippen molar-refractivity contribution in [1.29, 1.82) is 0 Å². The van der Waals surface area contributed by atoms with E-state index in [0.717, 1.165) is 18.8 Å². The molecule has 0 spiro atoms. The standard InChI is InChI=1S/C17H26N2O2/c1-12-11-21-13(2)10-19(12)15-8-6-14(7-9-15)18-16(20)17(3,4)5/h6-9,12-13H,10-11H2,1-5H3,(H,18,20). The zero-order valence-electron chi connectivity index (χ0n) is 13.6. The summed E-state index contributed by atoms with van der Waals surface area (Å²) in [7, 11) is 0. The van der Waals surface area contributed by atoms with Gasteiger partial charge in [-0.3, -0.25) is 4.79 Å². The van der Waals surface area contributed by atoms with E-state index in [2.05, 4.69) is 36.2 Å². The molecule has 0 aromatic heterocycles. The van der Waals surface area contributed by atoms with Gasteiger partial charge in [0.1, 0.15) is 0 Å². The molecule has 1 aromatic rings. The highest BCUT2D eigenvalue weighted by molar-refractivity contribution is 5.94. The first kappa shape index (κ1) is 15.8. The Hall–Kier alpha value is -1.55. The number of benzene rings is 1. The summed E-state index contributed by atoms with van der Waals surface area (Å²) in [5.41, 5.74) is 1.63. The lowest BCUT2D eigenvalue weighted by atomic mass is 9.95. The van der Waals surface area contributed by atoms with Gasteiger partial charge in [0.05, 0.1) is 12.7 Å². The van der Waals surface area contributed by atoms with E-state index >= 15 is 0 Å². The normalized spacial score (nSPS) is 23.0. The predicted octanol–water partition coefficient (Wildman–Crippen LogP) is 3.28. The Labute approximate surface area is 127 Å². The molecule has 1 amide bonds. The number of morpholine rings is 1. The molecular formula is C17H26N2O2. The summed E-state index contributed by atoms with van der Waals surface area (Å²) < 4.78 is 5.66. The second kappa shape index (κ2) is 6.06. The summed E-state index contributed by atoms with van der Waals surface area (Å²) in [5, 5.41) is 2.95. The van der Waals surface area contributed by atoms with Crippen LogP contribution in [0.25, 0.3) is 0 Å². The number of amides is 1. The van der Waals surface area contributed by atoms with Gasteiger partial charge in [-0.25, -0.2) is 0 Å². The highest BCUT2D eigenvalue weighted by Gasteiger charge is 2.24. The summed E-state index contributed by atoms with van der Waals surface area (Å²) in [4.78, 5) is 14.3. The number of rotatable bonds is 2. The minimum absolute atomic E-state index is 0.0311. The summed E-state index contributed by atoms with van der Waals surface area (Å²) >= 11 is 0. The second-order valence-electron chi connectivity index (χ2n) is 6.90. The van der Waals surface area contributed by atoms with Crippen molar-refractivity contribution in [2.45, 2.75) is 46.8 Å². The minimum atomic E-state index is -0.382. The lowest BCUT2D eigenvalue weighted by Crippen LogP contribution is -2.47. The summed E-state index contributed by atoms with van der Waals surface area (Å²) in [5.74, 6) is 0.0311. The van der Waals surface area contributed by atoms with Crippen LogP contribution in [0.2, 0.25) is 0 Å². The van der Waals surface area contributed by atoms with Crippen LogP contribution in [-0.4, -0.2) is 31.2 Å². The number of ether oxygens (including phenoxy) is 1. The van der Waals surface area contributed by atoms with Crippen molar-refractivity contribution in [2.24, 2.45) is 5.41 Å². The lowest BCUT2D eigenvalue weighted by Gasteiger charge is -2.38. The van der Waals surface area contributed by atoms with Crippen molar-refractivity contribution in [3.63, 3.8) is 0 Å². The molecule has 4 nitrogen and oxygen atoms in total. The lowest BCUT2D eigenvalue weighted by molar-refractivity contribution is -0.123. The summed E-state index contributed by atoms with van der Waals surface area (Å²) in [6, 6.07) is 8.42. The molecule has 2 rings (SSSR count). The Morgan fingerprint density at radius 3 is 2.43 bits per heavy atom. The Balaban J connectivity index is 2.06. The zero-order chi connectivity index (χ0) is 15.6. The molecule has 1 heterocycles. The molecule has 4 heteroatoms. The van der Waals surface area contributed by atoms with Gasteiger partial charge in [0.2, 0.25) is 5.91 Å². The first-order valence-electron chi connectivity index (χ1n) is 7.57. The zero-order valence-corrected chi connectivity index (χ0v) is 13.6. The number of hydrogen-bond donors (Lipinski definition) is 1. The molecule has 116 valence electrons. The van der Waals surface area contributed by atoms with E-state index in [0.29, 0.717) is 6.04 Å². The van der Waals surface area contributed by atoms with Crippen molar-refractivity contribution >= 4 is 17.3 Å². The quantitative estimate of drug-likeness (QED) is 0.909. The van der Waals surface area contributed by atoms with Crippen LogP contribution in [-0.2, 0) is 9.53 Å². The van der Waals surface area contributed by atoms with Gasteiger partial charge >= 0.3 is 0 Å². The molecule has 21 heavy (non-hydrogen) atoms. The van der Waals surface area contributed by atoms with Crippen LogP contribution in [0, 0.1) is 5.41 Å². The van der Waals surface area contributed by atoms with Gasteiger partial charge in [-0.1, -0.05) is 20.8 Å². The number of carbonyl (C=O) groups excluding carboxylic acids is 1. The molecule has 1 aliphatic rings. The fourth-order valence-electron chi connectivity index (χ4n) is 2.32. The molecular weight excluding hydrogens is 264 g/mol. The molecule has 1 aromatic carbocycles. The van der Waals surface area contributed by atoms with Gasteiger partial charge in [-0.2, -0.15) is 0 Å². The van der Waals surface area contributed by atoms with Crippen molar-refractivity contribution in [3.05, 3.63) is 24.3 Å². The predicted molar refractivity (Wildman–Crippen MR) is 86.7 cm³/mol. The van der Waals surface area contributed by atoms with E-state index in [1.165, 1.54) is 5.69 Å². The Kier molecular flexibility index (Phi) is 4.57. The van der Waals surface area contributed by atoms with Crippen LogP contribution in [0.15, 0.2) is 24.3 Å². The average molecular weight is 290 g/mol. The smallest absolute Gasteiger partial charge is 0.229 e. The van der Waals surface area contributed by atoms with E-state index in [1.807, 2.05) is 32.9 Å². The number of nitrogens with one attached hydrogen (secondary N) is 1. The SMILES string of the molecule is CC1CN(c2ccc(NC(=O)C(C)(C)C)cc2)C(C)CO1. The van der Waals surface area contributed by atoms with Crippen LogP contribution in [0.1, 0.15) is 34.6 Å². The highest BCUT2D eigenvalue weighted by atomic mass is 16.5. The molecule has 0 bridgehead atoms. The van der Waals surface area contributed by atoms with E-state index in [4.69, 9.17) is 4.74 Å². The van der Waals surface area contributed by atoms with Crippen LogP contribution < -0.4 is 10.2 Å². The largest absolute Gasteiger partial charge is 0.375 e. The Morgan fingerprint density at radius 2 is 1.86 bits per heavy atom. The third-order valence-electron chi connectivity index (χ3n) is 3.75. The minimum Gasteiger partial charge on any atom is -0.375 e. The number of hydrogen-bond acceptors (Lipinski definition) is 3. The molecule has 2 unspecified atom stereocenters. The van der Waals surface area contributed by atoms with Crippen LogP contribution in [0.5, 0.6) is 0 Å². The number of anilines is 2. The molecule has 1 saturated heterocycles. The maximum Gasteiger partial charge on any atom is 0.229 e. The van der Waals surface area contributed by atoms with E-state index in [9.17, 15) is 4.79 Å². The Bertz CT molecular complexity index is 491. The van der Waals surface area contributed by atoms with E-state index < -0.39 is 0 Å². The van der Waals surface area contributed by atoms with Gasteiger partial charge in [0.15, 0.2) is 0 Å². The second-order valence-corrected chi connectivity index (χ2v) is 6.90. The first-order chi connectivity index (χ1) is 9.77. The van der Waals surface area contributed by atoms with Gasteiger partial charge in [-0.15, -0.1) is 0 Å². The van der Waals surface area contributed by atoms with Crippen LogP contribution in [0.3, 0.4) is 0 Å². The van der Waals surface area contributed by atoms with Crippen LogP contribution >= 0.6 is 0 Å². The van der Waals surface area contributed by atoms with Crippen molar-refractivity contribution in [3.8, 4) is 0 Å². The fourth-order valence-corrected chi connectivity index (χ4v) is 2.32. The molecule has 1 aliphatic heterocycles. The Morgan fingerprint density at radius 1 is 1.24 bits per heavy atom. The van der Waals surface area contributed by atoms with Crippen molar-refractivity contribution in [1.82, 2.24) is 0 Å². The van der Waals surface area contributed by atoms with E-state index in [1.54, 1.807) is 0 Å². The third-order valence-corrected chi connectivity index (χ3v) is 3.75. The monoisotopic (exact) mass is 290 g/mol. The highest BCUT2D eigenvalue weighted by Crippen LogP contribution is 2.24. The number of carbonyl (C=O) groups is 1. The molecule has 0 aliphatic carbocycles. The molecule has 0 radical (unpaired) electrons. The molecule has 1 N–H and O–H groups in total. The van der Waals surface area contributed by atoms with Gasteiger partial charge < -0.3 is 15.0 Å². The molecule has 1 fully saturated rings. The molecule has 0 saturated carbocycles. The topological polar surface area (TPSA) is 41.6 Å².